The molecule has 6 aromatic carbocycles. The van der Waals surface area contributed by atoms with Gasteiger partial charge in [-0.2, -0.15) is 0 Å². The topological polar surface area (TPSA) is 77.3 Å². The molecule has 0 saturated heterocycles. The number of rotatable bonds is 7. The first kappa shape index (κ1) is 32.4. The van der Waals surface area contributed by atoms with Gasteiger partial charge in [-0.1, -0.05) is 133 Å². The van der Waals surface area contributed by atoms with Gasteiger partial charge in [-0.3, -0.25) is 4.98 Å². The molecule has 10 rings (SSSR count). The van der Waals surface area contributed by atoms with E-state index in [1.807, 2.05) is 115 Å². The third kappa shape index (κ3) is 6.33. The first-order valence-electron chi connectivity index (χ1n) is 18.0. The number of hydrogen-bond acceptors (Lipinski definition) is 7. The van der Waals surface area contributed by atoms with Crippen LogP contribution in [0, 0.1) is 0 Å². The molecular weight excluding hydrogens is 693 g/mol. The standard InChI is InChI=1S/C48H30N6S/c1-4-12-33(13-5-1)45-50-41(29-42(51-45)37-18-11-27-49-30-37)32-23-21-31(22-24-32)36-25-26-43-40(28-36)38-19-10-20-39(44(38)55-43)48-53-46(34-14-6-2-7-15-34)52-47(54-48)35-16-8-3-9-17-35/h1-30H. The molecule has 4 aromatic heterocycles. The third-order valence-electron chi connectivity index (χ3n) is 9.67. The molecule has 0 spiro atoms. The zero-order chi connectivity index (χ0) is 36.6. The van der Waals surface area contributed by atoms with Crippen molar-refractivity contribution in [3.05, 3.63) is 182 Å². The van der Waals surface area contributed by atoms with E-state index in [1.54, 1.807) is 17.5 Å². The lowest BCUT2D eigenvalue weighted by Crippen LogP contribution is -2.00. The SMILES string of the molecule is c1ccc(-c2nc(-c3ccc(-c4ccc5sc6c(-c7nc(-c8ccccc8)nc(-c8ccccc8)n7)cccc6c5c4)cc3)cc(-c3cccnc3)n2)cc1. The summed E-state index contributed by atoms with van der Waals surface area (Å²) in [6.45, 7) is 0. The van der Waals surface area contributed by atoms with Gasteiger partial charge in [-0.25, -0.2) is 24.9 Å². The van der Waals surface area contributed by atoms with Crippen molar-refractivity contribution in [3.63, 3.8) is 0 Å². The Morgan fingerprint density at radius 2 is 0.891 bits per heavy atom. The van der Waals surface area contributed by atoms with E-state index in [4.69, 9.17) is 24.9 Å². The van der Waals surface area contributed by atoms with Gasteiger partial charge in [0.05, 0.1) is 11.4 Å². The highest BCUT2D eigenvalue weighted by atomic mass is 32.1. The van der Waals surface area contributed by atoms with Crippen LogP contribution < -0.4 is 0 Å². The number of aromatic nitrogens is 6. The van der Waals surface area contributed by atoms with Gasteiger partial charge in [0.2, 0.25) is 0 Å². The Morgan fingerprint density at radius 1 is 0.345 bits per heavy atom. The molecule has 0 amide bonds. The Balaban J connectivity index is 1.03. The van der Waals surface area contributed by atoms with Crippen LogP contribution in [-0.2, 0) is 0 Å². The minimum absolute atomic E-state index is 0.653. The van der Waals surface area contributed by atoms with Crippen molar-refractivity contribution in [2.75, 3.05) is 0 Å². The first-order chi connectivity index (χ1) is 27.2. The van der Waals surface area contributed by atoms with Crippen molar-refractivity contribution in [2.24, 2.45) is 0 Å². The summed E-state index contributed by atoms with van der Waals surface area (Å²) in [5.74, 6) is 2.65. The second-order valence-corrected chi connectivity index (χ2v) is 14.2. The molecule has 0 aliphatic heterocycles. The van der Waals surface area contributed by atoms with Gasteiger partial charge >= 0.3 is 0 Å². The van der Waals surface area contributed by atoms with E-state index < -0.39 is 0 Å². The fourth-order valence-corrected chi connectivity index (χ4v) is 8.08. The zero-order valence-corrected chi connectivity index (χ0v) is 30.2. The fraction of sp³-hybridized carbons (Fsp3) is 0. The summed E-state index contributed by atoms with van der Waals surface area (Å²) in [7, 11) is 0. The highest BCUT2D eigenvalue weighted by molar-refractivity contribution is 7.26. The number of benzene rings is 6. The van der Waals surface area contributed by atoms with E-state index in [9.17, 15) is 0 Å². The number of thiophene rings is 1. The second kappa shape index (κ2) is 14.0. The Kier molecular flexibility index (Phi) is 8.24. The lowest BCUT2D eigenvalue weighted by molar-refractivity contribution is 1.08. The summed E-state index contributed by atoms with van der Waals surface area (Å²) >= 11 is 1.77. The van der Waals surface area contributed by atoms with Crippen LogP contribution in [-0.4, -0.2) is 29.9 Å². The molecule has 0 fully saturated rings. The maximum atomic E-state index is 5.04. The van der Waals surface area contributed by atoms with Crippen molar-refractivity contribution < 1.29 is 0 Å². The average Bonchev–Trinajstić information content (AvgIpc) is 3.66. The molecule has 6 nitrogen and oxygen atoms in total. The molecule has 258 valence electrons. The third-order valence-corrected chi connectivity index (χ3v) is 10.9. The highest BCUT2D eigenvalue weighted by Crippen LogP contribution is 2.41. The average molecular weight is 723 g/mol. The molecule has 0 radical (unpaired) electrons. The molecule has 0 bridgehead atoms. The van der Waals surface area contributed by atoms with Crippen LogP contribution in [0.1, 0.15) is 0 Å². The summed E-state index contributed by atoms with van der Waals surface area (Å²) in [5, 5.41) is 2.38. The minimum Gasteiger partial charge on any atom is -0.264 e. The van der Waals surface area contributed by atoms with Gasteiger partial charge in [0.1, 0.15) is 0 Å². The summed E-state index contributed by atoms with van der Waals surface area (Å²) < 4.78 is 2.36. The predicted octanol–water partition coefficient (Wildman–Crippen LogP) is 12.1. The van der Waals surface area contributed by atoms with E-state index in [2.05, 4.69) is 65.6 Å². The van der Waals surface area contributed by atoms with Crippen LogP contribution in [0.2, 0.25) is 0 Å². The van der Waals surface area contributed by atoms with Crippen LogP contribution in [0.4, 0.5) is 0 Å². The number of fused-ring (bicyclic) bond motifs is 3. The molecule has 55 heavy (non-hydrogen) atoms. The van der Waals surface area contributed by atoms with Gasteiger partial charge in [-0.15, -0.1) is 11.3 Å². The smallest absolute Gasteiger partial charge is 0.165 e. The zero-order valence-electron chi connectivity index (χ0n) is 29.4. The Hall–Kier alpha value is -7.22. The van der Waals surface area contributed by atoms with Crippen LogP contribution in [0.3, 0.4) is 0 Å². The van der Waals surface area contributed by atoms with Crippen molar-refractivity contribution in [1.29, 1.82) is 0 Å². The van der Waals surface area contributed by atoms with Crippen LogP contribution in [0.5, 0.6) is 0 Å². The molecule has 0 atom stereocenters. The van der Waals surface area contributed by atoms with Gasteiger partial charge in [0.15, 0.2) is 23.3 Å². The van der Waals surface area contributed by atoms with Gasteiger partial charge < -0.3 is 0 Å². The Morgan fingerprint density at radius 3 is 1.51 bits per heavy atom. The van der Waals surface area contributed by atoms with Crippen LogP contribution >= 0.6 is 11.3 Å². The van der Waals surface area contributed by atoms with Gasteiger partial charge in [0.25, 0.3) is 0 Å². The van der Waals surface area contributed by atoms with E-state index >= 15 is 0 Å². The molecule has 4 heterocycles. The summed E-state index contributed by atoms with van der Waals surface area (Å²) in [4.78, 5) is 29.2. The molecule has 0 N–H and O–H groups in total. The van der Waals surface area contributed by atoms with E-state index in [0.717, 1.165) is 60.6 Å². The van der Waals surface area contributed by atoms with Crippen LogP contribution in [0.25, 0.3) is 99.4 Å². The molecule has 0 unspecified atom stereocenters. The molecule has 0 aliphatic rings. The second-order valence-electron chi connectivity index (χ2n) is 13.2. The summed E-state index contributed by atoms with van der Waals surface area (Å²) in [5.41, 5.74) is 9.79. The number of nitrogens with zero attached hydrogens (tertiary/aromatic N) is 6. The van der Waals surface area contributed by atoms with Gasteiger partial charge in [0, 0.05) is 65.9 Å². The van der Waals surface area contributed by atoms with E-state index in [1.165, 1.54) is 15.5 Å². The quantitative estimate of drug-likeness (QED) is 0.163. The molecule has 0 aliphatic carbocycles. The first-order valence-corrected chi connectivity index (χ1v) is 18.8. The molecule has 7 heteroatoms. The summed E-state index contributed by atoms with van der Waals surface area (Å²) in [6.07, 6.45) is 3.61. The highest BCUT2D eigenvalue weighted by Gasteiger charge is 2.17. The molecular formula is C48H30N6S. The molecule has 0 saturated carbocycles. The van der Waals surface area contributed by atoms with Crippen molar-refractivity contribution >= 4 is 31.5 Å². The normalized spacial score (nSPS) is 11.3. The number of hydrogen-bond donors (Lipinski definition) is 0. The largest absolute Gasteiger partial charge is 0.264 e. The maximum absolute atomic E-state index is 5.04. The number of pyridine rings is 1. The van der Waals surface area contributed by atoms with E-state index in [-0.39, 0.29) is 0 Å². The predicted molar refractivity (Wildman–Crippen MR) is 224 cm³/mol. The van der Waals surface area contributed by atoms with E-state index in [0.29, 0.717) is 23.3 Å². The van der Waals surface area contributed by atoms with Gasteiger partial charge in [-0.05, 0) is 47.5 Å². The Bertz CT molecular complexity index is 2840. The monoisotopic (exact) mass is 722 g/mol. The fourth-order valence-electron chi connectivity index (χ4n) is 6.89. The molecule has 10 aromatic rings. The lowest BCUT2D eigenvalue weighted by Gasteiger charge is -2.10. The van der Waals surface area contributed by atoms with Crippen molar-refractivity contribution in [3.8, 4) is 79.2 Å². The summed E-state index contributed by atoms with van der Waals surface area (Å²) in [6, 6.07) is 58.1. The van der Waals surface area contributed by atoms with Crippen molar-refractivity contribution in [1.82, 2.24) is 29.9 Å². The Labute approximate surface area is 321 Å². The van der Waals surface area contributed by atoms with Crippen LogP contribution in [0.15, 0.2) is 182 Å². The van der Waals surface area contributed by atoms with Crippen molar-refractivity contribution in [2.45, 2.75) is 0 Å². The lowest BCUT2D eigenvalue weighted by atomic mass is 10.00. The minimum atomic E-state index is 0.653. The maximum Gasteiger partial charge on any atom is 0.165 e.